The Labute approximate surface area is 137 Å². The topological polar surface area (TPSA) is 65.0 Å². The van der Waals surface area contributed by atoms with Crippen molar-refractivity contribution in [2.24, 2.45) is 0 Å². The van der Waals surface area contributed by atoms with E-state index in [1.165, 1.54) is 23.9 Å². The maximum Gasteiger partial charge on any atom is 0.256 e. The molecule has 0 aliphatic rings. The van der Waals surface area contributed by atoms with E-state index in [9.17, 15) is 4.39 Å². The Morgan fingerprint density at radius 3 is 2.57 bits per heavy atom. The standard InChI is InChI=1S/C16H16FN3O2S/c1-16(2,3)14-19-13(22-20-14)9-23-15-18-8-12(21-15)10-4-6-11(17)7-5-10/h4-8H,9H2,1-3H3. The van der Waals surface area contributed by atoms with Crippen molar-refractivity contribution in [3.63, 3.8) is 0 Å². The van der Waals surface area contributed by atoms with Gasteiger partial charge in [-0.1, -0.05) is 37.7 Å². The van der Waals surface area contributed by atoms with E-state index in [-0.39, 0.29) is 11.2 Å². The van der Waals surface area contributed by atoms with Crippen molar-refractivity contribution in [1.82, 2.24) is 15.1 Å². The van der Waals surface area contributed by atoms with E-state index in [0.717, 1.165) is 5.56 Å². The van der Waals surface area contributed by atoms with Gasteiger partial charge in [-0.05, 0) is 24.3 Å². The smallest absolute Gasteiger partial charge is 0.256 e. The minimum absolute atomic E-state index is 0.148. The van der Waals surface area contributed by atoms with Gasteiger partial charge in [-0.15, -0.1) is 0 Å². The van der Waals surface area contributed by atoms with Gasteiger partial charge in [0, 0.05) is 11.0 Å². The quantitative estimate of drug-likeness (QED) is 0.657. The molecule has 0 atom stereocenters. The van der Waals surface area contributed by atoms with Crippen LogP contribution in [0.2, 0.25) is 0 Å². The summed E-state index contributed by atoms with van der Waals surface area (Å²) in [7, 11) is 0. The largest absolute Gasteiger partial charge is 0.431 e. The number of aromatic nitrogens is 3. The molecule has 1 aromatic carbocycles. The molecule has 3 rings (SSSR count). The van der Waals surface area contributed by atoms with Gasteiger partial charge in [0.05, 0.1) is 11.9 Å². The van der Waals surface area contributed by atoms with Gasteiger partial charge in [-0.2, -0.15) is 4.98 Å². The fourth-order valence-corrected chi connectivity index (χ4v) is 2.45. The van der Waals surface area contributed by atoms with Crippen LogP contribution in [-0.4, -0.2) is 15.1 Å². The van der Waals surface area contributed by atoms with Gasteiger partial charge in [0.25, 0.3) is 5.22 Å². The summed E-state index contributed by atoms with van der Waals surface area (Å²) in [6, 6.07) is 6.07. The number of nitrogens with zero attached hydrogens (tertiary/aromatic N) is 3. The molecule has 0 radical (unpaired) electrons. The highest BCUT2D eigenvalue weighted by atomic mass is 32.2. The van der Waals surface area contributed by atoms with Gasteiger partial charge < -0.3 is 8.94 Å². The molecule has 0 bridgehead atoms. The molecular formula is C16H16FN3O2S. The van der Waals surface area contributed by atoms with E-state index in [2.05, 4.69) is 15.1 Å². The molecule has 0 aliphatic carbocycles. The molecule has 2 heterocycles. The first-order valence-electron chi connectivity index (χ1n) is 7.09. The van der Waals surface area contributed by atoms with Crippen LogP contribution in [0.3, 0.4) is 0 Å². The average molecular weight is 333 g/mol. The molecule has 5 nitrogen and oxygen atoms in total. The van der Waals surface area contributed by atoms with E-state index in [4.69, 9.17) is 8.94 Å². The first-order chi connectivity index (χ1) is 10.9. The Bertz CT molecular complexity index is 790. The number of hydrogen-bond donors (Lipinski definition) is 0. The predicted molar refractivity (Wildman–Crippen MR) is 84.5 cm³/mol. The van der Waals surface area contributed by atoms with Crippen LogP contribution in [0.4, 0.5) is 4.39 Å². The molecular weight excluding hydrogens is 317 g/mol. The second-order valence-corrected chi connectivity index (χ2v) is 6.97. The number of hydrogen-bond acceptors (Lipinski definition) is 6. The van der Waals surface area contributed by atoms with Crippen LogP contribution in [0.15, 0.2) is 44.6 Å². The first-order valence-corrected chi connectivity index (χ1v) is 8.08. The number of halogens is 1. The van der Waals surface area contributed by atoms with Crippen LogP contribution in [0.25, 0.3) is 11.3 Å². The number of benzene rings is 1. The predicted octanol–water partition coefficient (Wildman–Crippen LogP) is 4.45. The Morgan fingerprint density at radius 1 is 1.17 bits per heavy atom. The minimum atomic E-state index is -0.283. The average Bonchev–Trinajstić information content (AvgIpc) is 3.15. The van der Waals surface area contributed by atoms with Crippen molar-refractivity contribution < 1.29 is 13.3 Å². The van der Waals surface area contributed by atoms with Crippen LogP contribution in [0, 0.1) is 5.82 Å². The number of oxazole rings is 1. The number of thioether (sulfide) groups is 1. The molecule has 0 unspecified atom stereocenters. The summed E-state index contributed by atoms with van der Waals surface area (Å²) in [5.41, 5.74) is 0.629. The monoisotopic (exact) mass is 333 g/mol. The van der Waals surface area contributed by atoms with Crippen LogP contribution in [0.1, 0.15) is 32.5 Å². The van der Waals surface area contributed by atoms with Gasteiger partial charge in [0.1, 0.15) is 5.82 Å². The molecule has 7 heteroatoms. The fourth-order valence-electron chi connectivity index (χ4n) is 1.81. The van der Waals surface area contributed by atoms with E-state index in [1.54, 1.807) is 18.3 Å². The lowest BCUT2D eigenvalue weighted by Crippen LogP contribution is -2.13. The lowest BCUT2D eigenvalue weighted by Gasteiger charge is -2.10. The van der Waals surface area contributed by atoms with Gasteiger partial charge >= 0.3 is 0 Å². The van der Waals surface area contributed by atoms with E-state index in [0.29, 0.717) is 28.5 Å². The van der Waals surface area contributed by atoms with E-state index < -0.39 is 0 Å². The normalized spacial score (nSPS) is 11.8. The zero-order chi connectivity index (χ0) is 16.4. The van der Waals surface area contributed by atoms with E-state index >= 15 is 0 Å². The first kappa shape index (κ1) is 15.7. The molecule has 0 aliphatic heterocycles. The van der Waals surface area contributed by atoms with Gasteiger partial charge in [-0.3, -0.25) is 0 Å². The summed E-state index contributed by atoms with van der Waals surface area (Å²) in [6.07, 6.45) is 1.62. The van der Waals surface area contributed by atoms with Gasteiger partial charge in [-0.25, -0.2) is 9.37 Å². The molecule has 0 N–H and O–H groups in total. The molecule has 0 spiro atoms. The van der Waals surface area contributed by atoms with Crippen molar-refractivity contribution in [2.45, 2.75) is 37.2 Å². The van der Waals surface area contributed by atoms with Crippen molar-refractivity contribution >= 4 is 11.8 Å². The Kier molecular flexibility index (Phi) is 4.21. The summed E-state index contributed by atoms with van der Waals surface area (Å²) in [5.74, 6) is 1.99. The molecule has 3 aromatic rings. The highest BCUT2D eigenvalue weighted by Gasteiger charge is 2.21. The lowest BCUT2D eigenvalue weighted by molar-refractivity contribution is 0.372. The SMILES string of the molecule is CC(C)(C)c1noc(CSc2ncc(-c3ccc(F)cc3)o2)n1. The van der Waals surface area contributed by atoms with Gasteiger partial charge in [0.15, 0.2) is 11.6 Å². The Balaban J connectivity index is 1.65. The molecule has 23 heavy (non-hydrogen) atoms. The second kappa shape index (κ2) is 6.16. The summed E-state index contributed by atoms with van der Waals surface area (Å²) in [6.45, 7) is 6.08. The summed E-state index contributed by atoms with van der Waals surface area (Å²) in [5, 5.41) is 4.47. The minimum Gasteiger partial charge on any atom is -0.431 e. The van der Waals surface area contributed by atoms with Crippen molar-refractivity contribution in [3.8, 4) is 11.3 Å². The lowest BCUT2D eigenvalue weighted by atomic mass is 9.96. The fraction of sp³-hybridized carbons (Fsp3) is 0.312. The second-order valence-electron chi connectivity index (χ2n) is 6.05. The zero-order valence-electron chi connectivity index (χ0n) is 13.0. The Morgan fingerprint density at radius 2 is 1.91 bits per heavy atom. The molecule has 0 saturated heterocycles. The molecule has 0 amide bonds. The van der Waals surface area contributed by atoms with Crippen molar-refractivity contribution in [2.75, 3.05) is 0 Å². The maximum absolute atomic E-state index is 12.9. The van der Waals surface area contributed by atoms with Crippen LogP contribution in [0.5, 0.6) is 0 Å². The Hall–Kier alpha value is -2.15. The van der Waals surface area contributed by atoms with Crippen molar-refractivity contribution in [1.29, 1.82) is 0 Å². The molecule has 0 fully saturated rings. The van der Waals surface area contributed by atoms with Crippen molar-refractivity contribution in [3.05, 3.63) is 48.0 Å². The summed E-state index contributed by atoms with van der Waals surface area (Å²) < 4.78 is 23.8. The third-order valence-corrected chi connectivity index (χ3v) is 3.90. The highest BCUT2D eigenvalue weighted by Crippen LogP contribution is 2.28. The number of rotatable bonds is 4. The third-order valence-electron chi connectivity index (χ3n) is 3.07. The van der Waals surface area contributed by atoms with E-state index in [1.807, 2.05) is 20.8 Å². The summed E-state index contributed by atoms with van der Waals surface area (Å²) >= 11 is 1.37. The molecule has 120 valence electrons. The summed E-state index contributed by atoms with van der Waals surface area (Å²) in [4.78, 5) is 8.56. The van der Waals surface area contributed by atoms with Crippen LogP contribution in [-0.2, 0) is 11.2 Å². The molecule has 0 saturated carbocycles. The van der Waals surface area contributed by atoms with Gasteiger partial charge in [0.2, 0.25) is 5.89 Å². The van der Waals surface area contributed by atoms with Crippen LogP contribution >= 0.6 is 11.8 Å². The molecule has 2 aromatic heterocycles. The highest BCUT2D eigenvalue weighted by molar-refractivity contribution is 7.98. The zero-order valence-corrected chi connectivity index (χ0v) is 13.9. The van der Waals surface area contributed by atoms with Crippen LogP contribution < -0.4 is 0 Å². The third kappa shape index (κ3) is 3.79. The maximum atomic E-state index is 12.9.